The van der Waals surface area contributed by atoms with Crippen molar-refractivity contribution < 1.29 is 9.53 Å². The maximum Gasteiger partial charge on any atom is 0.289 e. The van der Waals surface area contributed by atoms with E-state index in [4.69, 9.17) is 4.74 Å². The molecule has 128 valence electrons. The molecule has 0 aliphatic heterocycles. The summed E-state index contributed by atoms with van der Waals surface area (Å²) in [5.74, 6) is 0.466. The Morgan fingerprint density at radius 1 is 1.36 bits per heavy atom. The van der Waals surface area contributed by atoms with E-state index in [1.54, 1.807) is 23.6 Å². The SMILES string of the molecule is CCOc1ccc(-c2cc(C(=O)N/N=C/c3sccc3C)[nH]n2)cc1. The van der Waals surface area contributed by atoms with Crippen LogP contribution in [0.2, 0.25) is 0 Å². The molecule has 0 saturated carbocycles. The normalized spacial score (nSPS) is 11.0. The van der Waals surface area contributed by atoms with Crippen molar-refractivity contribution >= 4 is 23.5 Å². The van der Waals surface area contributed by atoms with E-state index in [9.17, 15) is 4.79 Å². The number of aryl methyl sites for hydroxylation is 1. The van der Waals surface area contributed by atoms with Crippen LogP contribution >= 0.6 is 11.3 Å². The smallest absolute Gasteiger partial charge is 0.289 e. The highest BCUT2D eigenvalue weighted by molar-refractivity contribution is 7.11. The molecule has 0 saturated heterocycles. The highest BCUT2D eigenvalue weighted by Crippen LogP contribution is 2.21. The molecule has 7 heteroatoms. The van der Waals surface area contributed by atoms with Gasteiger partial charge in [-0.3, -0.25) is 9.89 Å². The Morgan fingerprint density at radius 3 is 2.84 bits per heavy atom. The van der Waals surface area contributed by atoms with Gasteiger partial charge in [-0.25, -0.2) is 5.43 Å². The summed E-state index contributed by atoms with van der Waals surface area (Å²) < 4.78 is 5.42. The second kappa shape index (κ2) is 7.76. The zero-order valence-corrected chi connectivity index (χ0v) is 14.8. The van der Waals surface area contributed by atoms with Crippen LogP contribution in [-0.2, 0) is 0 Å². The van der Waals surface area contributed by atoms with Crippen LogP contribution in [0.25, 0.3) is 11.3 Å². The van der Waals surface area contributed by atoms with Crippen LogP contribution in [0.5, 0.6) is 5.75 Å². The lowest BCUT2D eigenvalue weighted by Gasteiger charge is -2.02. The predicted octanol–water partition coefficient (Wildman–Crippen LogP) is 3.61. The fourth-order valence-corrected chi connectivity index (χ4v) is 2.99. The molecule has 2 heterocycles. The van der Waals surface area contributed by atoms with Crippen LogP contribution < -0.4 is 10.2 Å². The number of ether oxygens (including phenoxy) is 1. The summed E-state index contributed by atoms with van der Waals surface area (Å²) in [5.41, 5.74) is 5.56. The standard InChI is InChI=1S/C18H18N4O2S/c1-3-24-14-6-4-13(5-7-14)15-10-16(21-20-15)18(23)22-19-11-17-12(2)8-9-25-17/h4-11H,3H2,1-2H3,(H,20,21)(H,22,23)/b19-11+. The number of rotatable bonds is 6. The first-order valence-corrected chi connectivity index (χ1v) is 8.71. The van der Waals surface area contributed by atoms with Crippen LogP contribution in [0, 0.1) is 6.92 Å². The second-order valence-corrected chi connectivity index (χ2v) is 6.24. The van der Waals surface area contributed by atoms with Gasteiger partial charge in [-0.1, -0.05) is 0 Å². The van der Waals surface area contributed by atoms with Crippen molar-refractivity contribution in [3.8, 4) is 17.0 Å². The molecule has 25 heavy (non-hydrogen) atoms. The van der Waals surface area contributed by atoms with Crippen LogP contribution in [0.4, 0.5) is 0 Å². The van der Waals surface area contributed by atoms with Gasteiger partial charge in [-0.2, -0.15) is 10.2 Å². The van der Waals surface area contributed by atoms with Crippen molar-refractivity contribution in [1.29, 1.82) is 0 Å². The second-order valence-electron chi connectivity index (χ2n) is 5.29. The summed E-state index contributed by atoms with van der Waals surface area (Å²) in [6.45, 7) is 4.56. The van der Waals surface area contributed by atoms with Gasteiger partial charge < -0.3 is 4.74 Å². The molecule has 0 atom stereocenters. The number of nitrogens with one attached hydrogen (secondary N) is 2. The number of hydrogen-bond donors (Lipinski definition) is 2. The Hall–Kier alpha value is -2.93. The number of benzene rings is 1. The molecule has 0 spiro atoms. The zero-order chi connectivity index (χ0) is 17.6. The van der Waals surface area contributed by atoms with Crippen LogP contribution in [0.1, 0.15) is 27.9 Å². The minimum Gasteiger partial charge on any atom is -0.494 e. The minimum atomic E-state index is -0.338. The molecule has 0 fully saturated rings. The third-order valence-corrected chi connectivity index (χ3v) is 4.49. The number of H-pyrrole nitrogens is 1. The number of amides is 1. The quantitative estimate of drug-likeness (QED) is 0.524. The number of aromatic nitrogens is 2. The number of nitrogens with zero attached hydrogens (tertiary/aromatic N) is 2. The summed E-state index contributed by atoms with van der Waals surface area (Å²) in [4.78, 5) is 13.1. The molecule has 0 aliphatic carbocycles. The van der Waals surface area contributed by atoms with E-state index in [0.717, 1.165) is 21.8 Å². The van der Waals surface area contributed by atoms with Crippen molar-refractivity contribution in [3.05, 3.63) is 57.9 Å². The molecule has 3 aromatic rings. The lowest BCUT2D eigenvalue weighted by molar-refractivity contribution is 0.0950. The predicted molar refractivity (Wildman–Crippen MR) is 99.3 cm³/mol. The third kappa shape index (κ3) is 4.13. The van der Waals surface area contributed by atoms with Gasteiger partial charge in [0.25, 0.3) is 5.91 Å². The van der Waals surface area contributed by atoms with E-state index in [-0.39, 0.29) is 5.91 Å². The Morgan fingerprint density at radius 2 is 2.16 bits per heavy atom. The van der Waals surface area contributed by atoms with Crippen molar-refractivity contribution in [2.24, 2.45) is 5.10 Å². The van der Waals surface area contributed by atoms with E-state index >= 15 is 0 Å². The molecule has 2 aromatic heterocycles. The zero-order valence-electron chi connectivity index (χ0n) is 13.9. The van der Waals surface area contributed by atoms with Gasteiger partial charge in [0, 0.05) is 10.4 Å². The molecule has 0 bridgehead atoms. The fourth-order valence-electron chi connectivity index (χ4n) is 2.20. The molecule has 3 rings (SSSR count). The van der Waals surface area contributed by atoms with Crippen molar-refractivity contribution in [2.75, 3.05) is 6.61 Å². The number of hydrazone groups is 1. The highest BCUT2D eigenvalue weighted by atomic mass is 32.1. The number of thiophene rings is 1. The number of aromatic amines is 1. The number of carbonyl (C=O) groups excluding carboxylic acids is 1. The highest BCUT2D eigenvalue weighted by Gasteiger charge is 2.10. The minimum absolute atomic E-state index is 0.338. The molecule has 2 N–H and O–H groups in total. The summed E-state index contributed by atoms with van der Waals surface area (Å²) in [6, 6.07) is 11.3. The molecule has 6 nitrogen and oxygen atoms in total. The molecular weight excluding hydrogens is 336 g/mol. The summed E-state index contributed by atoms with van der Waals surface area (Å²) in [6.07, 6.45) is 1.64. The van der Waals surface area contributed by atoms with Crippen LogP contribution in [-0.4, -0.2) is 28.9 Å². The summed E-state index contributed by atoms with van der Waals surface area (Å²) >= 11 is 1.57. The first-order chi connectivity index (χ1) is 12.2. The lowest BCUT2D eigenvalue weighted by Crippen LogP contribution is -2.17. The summed E-state index contributed by atoms with van der Waals surface area (Å²) in [5, 5.41) is 12.9. The van der Waals surface area contributed by atoms with Crippen molar-refractivity contribution in [1.82, 2.24) is 15.6 Å². The van der Waals surface area contributed by atoms with E-state index in [1.807, 2.05) is 49.6 Å². The summed E-state index contributed by atoms with van der Waals surface area (Å²) in [7, 11) is 0. The molecular formula is C18H18N4O2S. The van der Waals surface area contributed by atoms with E-state index in [0.29, 0.717) is 18.0 Å². The molecule has 1 amide bonds. The first-order valence-electron chi connectivity index (χ1n) is 7.83. The average molecular weight is 354 g/mol. The Balaban J connectivity index is 1.65. The van der Waals surface area contributed by atoms with Gasteiger partial charge >= 0.3 is 0 Å². The van der Waals surface area contributed by atoms with Gasteiger partial charge in [-0.15, -0.1) is 11.3 Å². The van der Waals surface area contributed by atoms with Gasteiger partial charge in [0.2, 0.25) is 0 Å². The van der Waals surface area contributed by atoms with E-state index in [1.165, 1.54) is 0 Å². The molecule has 1 aromatic carbocycles. The topological polar surface area (TPSA) is 79.4 Å². The fraction of sp³-hybridized carbons (Fsp3) is 0.167. The van der Waals surface area contributed by atoms with Crippen molar-refractivity contribution in [3.63, 3.8) is 0 Å². The average Bonchev–Trinajstić information content (AvgIpc) is 3.26. The molecule has 0 aliphatic rings. The first kappa shape index (κ1) is 16.9. The number of carbonyl (C=O) groups is 1. The monoisotopic (exact) mass is 354 g/mol. The maximum atomic E-state index is 12.1. The van der Waals surface area contributed by atoms with Gasteiger partial charge in [0.1, 0.15) is 11.4 Å². The van der Waals surface area contributed by atoms with Crippen LogP contribution in [0.15, 0.2) is 46.9 Å². The number of hydrogen-bond acceptors (Lipinski definition) is 5. The largest absolute Gasteiger partial charge is 0.494 e. The Labute approximate surface area is 149 Å². The maximum absolute atomic E-state index is 12.1. The van der Waals surface area contributed by atoms with Gasteiger partial charge in [-0.05, 0) is 61.2 Å². The van der Waals surface area contributed by atoms with Gasteiger partial charge in [0.05, 0.1) is 18.5 Å². The van der Waals surface area contributed by atoms with E-state index in [2.05, 4.69) is 20.7 Å². The molecule has 0 unspecified atom stereocenters. The Bertz CT molecular complexity index is 881. The lowest BCUT2D eigenvalue weighted by atomic mass is 10.1. The van der Waals surface area contributed by atoms with Crippen molar-refractivity contribution in [2.45, 2.75) is 13.8 Å². The third-order valence-electron chi connectivity index (χ3n) is 3.53. The van der Waals surface area contributed by atoms with E-state index < -0.39 is 0 Å². The Kier molecular flexibility index (Phi) is 5.25. The van der Waals surface area contributed by atoms with Crippen LogP contribution in [0.3, 0.4) is 0 Å². The van der Waals surface area contributed by atoms with Gasteiger partial charge in [0.15, 0.2) is 0 Å². The molecule has 0 radical (unpaired) electrons.